The van der Waals surface area contributed by atoms with Crippen LogP contribution in [0.4, 0.5) is 10.1 Å². The van der Waals surface area contributed by atoms with Crippen molar-refractivity contribution in [3.8, 4) is 0 Å². The summed E-state index contributed by atoms with van der Waals surface area (Å²) in [6.45, 7) is 0. The molecule has 2 aromatic carbocycles. The molecule has 7 nitrogen and oxygen atoms in total. The van der Waals surface area contributed by atoms with Crippen LogP contribution in [0.1, 0.15) is 49.3 Å². The van der Waals surface area contributed by atoms with Crippen molar-refractivity contribution in [1.82, 2.24) is 4.90 Å². The zero-order chi connectivity index (χ0) is 22.1. The quantitative estimate of drug-likeness (QED) is 0.256. The molecule has 0 radical (unpaired) electrons. The zero-order valence-electron chi connectivity index (χ0n) is 16.7. The summed E-state index contributed by atoms with van der Waals surface area (Å²) in [5.74, 6) is -2.50. The number of amides is 1. The lowest BCUT2D eigenvalue weighted by Gasteiger charge is -2.35. The van der Waals surface area contributed by atoms with E-state index in [1.165, 1.54) is 47.4 Å². The van der Waals surface area contributed by atoms with E-state index in [9.17, 15) is 29.2 Å². The molecular formula is C23H21FN2O5. The zero-order valence-corrected chi connectivity index (χ0v) is 16.7. The molecular weight excluding hydrogens is 403 g/mol. The number of nitro groups is 1. The van der Waals surface area contributed by atoms with E-state index in [4.69, 9.17) is 0 Å². The van der Waals surface area contributed by atoms with E-state index in [0.29, 0.717) is 5.56 Å². The minimum absolute atomic E-state index is 0.0722. The van der Waals surface area contributed by atoms with Gasteiger partial charge in [0.25, 0.3) is 17.4 Å². The smallest absolute Gasteiger partial charge is 0.295 e. The fourth-order valence-corrected chi connectivity index (χ4v) is 4.48. The average Bonchev–Trinajstić information content (AvgIpc) is 3.05. The summed E-state index contributed by atoms with van der Waals surface area (Å²) in [6.07, 6.45) is 4.38. The molecule has 2 aromatic rings. The lowest BCUT2D eigenvalue weighted by atomic mass is 9.91. The highest BCUT2D eigenvalue weighted by Crippen LogP contribution is 2.43. The van der Waals surface area contributed by atoms with Gasteiger partial charge >= 0.3 is 0 Å². The van der Waals surface area contributed by atoms with Crippen molar-refractivity contribution in [2.45, 2.75) is 44.2 Å². The molecule has 2 fully saturated rings. The van der Waals surface area contributed by atoms with E-state index in [2.05, 4.69) is 0 Å². The van der Waals surface area contributed by atoms with Crippen LogP contribution in [0.15, 0.2) is 54.1 Å². The number of carbonyl (C=O) groups is 2. The Kier molecular flexibility index (Phi) is 5.54. The molecule has 4 rings (SSSR count). The Morgan fingerprint density at radius 1 is 1.06 bits per heavy atom. The van der Waals surface area contributed by atoms with Gasteiger partial charge in [0.2, 0.25) is 0 Å². The molecule has 1 atom stereocenters. The third kappa shape index (κ3) is 3.81. The molecule has 0 aromatic heterocycles. The number of non-ortho nitro benzene ring substituents is 1. The number of nitrogens with zero attached hydrogens (tertiary/aromatic N) is 2. The molecule has 1 N–H and O–H groups in total. The number of benzene rings is 2. The summed E-state index contributed by atoms with van der Waals surface area (Å²) in [5, 5.41) is 22.1. The third-order valence-electron chi connectivity index (χ3n) is 5.96. The molecule has 1 saturated heterocycles. The topological polar surface area (TPSA) is 101 Å². The van der Waals surface area contributed by atoms with Gasteiger partial charge in [0.05, 0.1) is 16.5 Å². The van der Waals surface area contributed by atoms with Gasteiger partial charge in [0.1, 0.15) is 11.6 Å². The fraction of sp³-hybridized carbons (Fsp3) is 0.304. The van der Waals surface area contributed by atoms with Crippen LogP contribution >= 0.6 is 0 Å². The number of halogens is 1. The summed E-state index contributed by atoms with van der Waals surface area (Å²) in [5.41, 5.74) is 0.188. The molecule has 1 amide bonds. The van der Waals surface area contributed by atoms with Gasteiger partial charge in [0.15, 0.2) is 0 Å². The largest absolute Gasteiger partial charge is 0.507 e. The van der Waals surface area contributed by atoms with Crippen LogP contribution in [-0.2, 0) is 9.59 Å². The van der Waals surface area contributed by atoms with Gasteiger partial charge in [0, 0.05) is 23.7 Å². The van der Waals surface area contributed by atoms with Crippen molar-refractivity contribution >= 4 is 23.1 Å². The van der Waals surface area contributed by atoms with Crippen LogP contribution in [0.3, 0.4) is 0 Å². The van der Waals surface area contributed by atoms with E-state index in [0.717, 1.165) is 38.2 Å². The first-order valence-corrected chi connectivity index (χ1v) is 10.2. The van der Waals surface area contributed by atoms with Gasteiger partial charge in [-0.3, -0.25) is 19.7 Å². The molecule has 1 aliphatic heterocycles. The summed E-state index contributed by atoms with van der Waals surface area (Å²) in [6, 6.07) is 9.67. The average molecular weight is 424 g/mol. The Labute approximate surface area is 177 Å². The third-order valence-corrected chi connectivity index (χ3v) is 5.96. The van der Waals surface area contributed by atoms with Crippen LogP contribution < -0.4 is 0 Å². The Balaban J connectivity index is 1.87. The summed E-state index contributed by atoms with van der Waals surface area (Å²) in [4.78, 5) is 38.1. The molecule has 0 bridgehead atoms. The number of ketones is 1. The Bertz CT molecular complexity index is 1070. The lowest BCUT2D eigenvalue weighted by molar-refractivity contribution is -0.384. The number of hydrogen-bond donors (Lipinski definition) is 1. The van der Waals surface area contributed by atoms with Gasteiger partial charge < -0.3 is 10.0 Å². The number of nitro benzene ring substituents is 1. The summed E-state index contributed by atoms with van der Waals surface area (Å²) >= 11 is 0. The van der Waals surface area contributed by atoms with Crippen molar-refractivity contribution in [2.24, 2.45) is 0 Å². The first kappa shape index (κ1) is 20.7. The summed E-state index contributed by atoms with van der Waals surface area (Å²) < 4.78 is 13.5. The Hall–Kier alpha value is -3.55. The number of likely N-dealkylation sites (tertiary alicyclic amines) is 1. The molecule has 1 aliphatic carbocycles. The monoisotopic (exact) mass is 424 g/mol. The highest BCUT2D eigenvalue weighted by molar-refractivity contribution is 6.46. The highest BCUT2D eigenvalue weighted by Gasteiger charge is 2.48. The van der Waals surface area contributed by atoms with Crippen molar-refractivity contribution < 1.29 is 24.0 Å². The van der Waals surface area contributed by atoms with E-state index in [1.807, 2.05) is 0 Å². The molecule has 8 heteroatoms. The van der Waals surface area contributed by atoms with Gasteiger partial charge in [-0.05, 0) is 30.5 Å². The maximum atomic E-state index is 13.5. The van der Waals surface area contributed by atoms with E-state index in [1.54, 1.807) is 0 Å². The van der Waals surface area contributed by atoms with Crippen LogP contribution in [0.2, 0.25) is 0 Å². The molecule has 160 valence electrons. The fourth-order valence-electron chi connectivity index (χ4n) is 4.48. The first-order chi connectivity index (χ1) is 14.9. The second kappa shape index (κ2) is 8.29. The van der Waals surface area contributed by atoms with Crippen LogP contribution in [0.5, 0.6) is 0 Å². The number of aliphatic hydroxyl groups excluding tert-OH is 1. The van der Waals surface area contributed by atoms with E-state index in [-0.39, 0.29) is 22.9 Å². The molecule has 31 heavy (non-hydrogen) atoms. The maximum Gasteiger partial charge on any atom is 0.295 e. The predicted molar refractivity (Wildman–Crippen MR) is 111 cm³/mol. The second-order valence-corrected chi connectivity index (χ2v) is 7.86. The molecule has 2 aliphatic rings. The number of hydrogen-bond acceptors (Lipinski definition) is 5. The number of Topliss-reactive ketones (excluding diaryl/α,β-unsaturated/α-hetero) is 1. The minimum atomic E-state index is -0.886. The standard InChI is InChI=1S/C23H21FN2O5/c24-16-11-9-14(10-12-16)20-19(21(27)15-5-4-8-18(13-15)26(30)31)22(28)23(29)25(20)17-6-2-1-3-7-17/h4-5,8-13,17,20,27H,1-3,6-7H2/b21-19-. The van der Waals surface area contributed by atoms with Gasteiger partial charge in [-0.1, -0.05) is 43.5 Å². The van der Waals surface area contributed by atoms with Crippen molar-refractivity contribution in [2.75, 3.05) is 0 Å². The molecule has 1 saturated carbocycles. The SMILES string of the molecule is O=C1C(=O)N(C2CCCCC2)C(c2ccc(F)cc2)/C1=C(/O)c1cccc([N+](=O)[O-])c1. The maximum absolute atomic E-state index is 13.5. The number of carbonyl (C=O) groups excluding carboxylic acids is 2. The van der Waals surface area contributed by atoms with Gasteiger partial charge in [-0.2, -0.15) is 0 Å². The highest BCUT2D eigenvalue weighted by atomic mass is 19.1. The summed E-state index contributed by atoms with van der Waals surface area (Å²) in [7, 11) is 0. The molecule has 1 unspecified atom stereocenters. The second-order valence-electron chi connectivity index (χ2n) is 7.86. The Morgan fingerprint density at radius 3 is 2.39 bits per heavy atom. The predicted octanol–water partition coefficient (Wildman–Crippen LogP) is 4.49. The van der Waals surface area contributed by atoms with Crippen molar-refractivity contribution in [3.63, 3.8) is 0 Å². The normalized spacial score (nSPS) is 21.5. The number of rotatable bonds is 4. The first-order valence-electron chi connectivity index (χ1n) is 10.2. The van der Waals surface area contributed by atoms with Crippen LogP contribution in [-0.4, -0.2) is 32.7 Å². The van der Waals surface area contributed by atoms with Gasteiger partial charge in [-0.25, -0.2) is 4.39 Å². The lowest BCUT2D eigenvalue weighted by Crippen LogP contribution is -2.40. The molecule has 1 heterocycles. The molecule has 0 spiro atoms. The van der Waals surface area contributed by atoms with Crippen LogP contribution in [0, 0.1) is 15.9 Å². The van der Waals surface area contributed by atoms with Crippen molar-refractivity contribution in [1.29, 1.82) is 0 Å². The Morgan fingerprint density at radius 2 is 1.74 bits per heavy atom. The van der Waals surface area contributed by atoms with E-state index >= 15 is 0 Å². The van der Waals surface area contributed by atoms with E-state index < -0.39 is 34.2 Å². The van der Waals surface area contributed by atoms with Gasteiger partial charge in [-0.15, -0.1) is 0 Å². The van der Waals surface area contributed by atoms with Crippen molar-refractivity contribution in [3.05, 3.63) is 81.2 Å². The number of aliphatic hydroxyl groups is 1. The van der Waals surface area contributed by atoms with Crippen LogP contribution in [0.25, 0.3) is 5.76 Å². The minimum Gasteiger partial charge on any atom is -0.507 e.